The van der Waals surface area contributed by atoms with Crippen molar-refractivity contribution >= 4 is 33.4 Å². The van der Waals surface area contributed by atoms with Gasteiger partial charge in [0, 0.05) is 18.7 Å². The Morgan fingerprint density at radius 2 is 1.72 bits per heavy atom. The molecule has 0 spiro atoms. The second-order valence-corrected chi connectivity index (χ2v) is 9.42. The van der Waals surface area contributed by atoms with Crippen LogP contribution >= 0.6 is 11.6 Å². The van der Waals surface area contributed by atoms with Crippen LogP contribution in [0, 0.1) is 13.8 Å². The number of halogens is 1. The molecule has 0 radical (unpaired) electrons. The number of carbonyl (C=O) groups excluding carboxylic acids is 2. The minimum absolute atomic E-state index is 0.0170. The van der Waals surface area contributed by atoms with Crippen LogP contribution in [0.15, 0.2) is 41.3 Å². The highest BCUT2D eigenvalue weighted by atomic mass is 35.5. The first-order valence-electron chi connectivity index (χ1n) is 9.27. The lowest BCUT2D eigenvalue weighted by atomic mass is 10.0. The molecular weight excluding hydrogens is 414 g/mol. The molecule has 1 saturated heterocycles. The summed E-state index contributed by atoms with van der Waals surface area (Å²) in [4.78, 5) is 24.9. The van der Waals surface area contributed by atoms with Gasteiger partial charge in [0.15, 0.2) is 6.61 Å². The quantitative estimate of drug-likeness (QED) is 0.509. The smallest absolute Gasteiger partial charge is 0.340 e. The molecule has 0 saturated carbocycles. The van der Waals surface area contributed by atoms with Gasteiger partial charge < -0.3 is 4.74 Å². The van der Waals surface area contributed by atoms with Gasteiger partial charge in [-0.1, -0.05) is 29.3 Å². The highest BCUT2D eigenvalue weighted by Crippen LogP contribution is 2.26. The summed E-state index contributed by atoms with van der Waals surface area (Å²) in [5.74, 6) is -1.18. The lowest BCUT2D eigenvalue weighted by Gasteiger charge is -2.16. The van der Waals surface area contributed by atoms with Crippen molar-refractivity contribution < 1.29 is 22.7 Å². The Bertz CT molecular complexity index is 1060. The topological polar surface area (TPSA) is 80.8 Å². The Hall–Kier alpha value is -2.22. The van der Waals surface area contributed by atoms with E-state index in [1.54, 1.807) is 13.0 Å². The van der Waals surface area contributed by atoms with Crippen molar-refractivity contribution in [2.75, 3.05) is 19.7 Å². The number of benzene rings is 2. The number of hydrogen-bond donors (Lipinski definition) is 0. The predicted molar refractivity (Wildman–Crippen MR) is 110 cm³/mol. The summed E-state index contributed by atoms with van der Waals surface area (Å²) < 4.78 is 32.0. The minimum atomic E-state index is -3.70. The fraction of sp³-hybridized carbons (Fsp3) is 0.333. The van der Waals surface area contributed by atoms with E-state index in [9.17, 15) is 18.0 Å². The zero-order valence-corrected chi connectivity index (χ0v) is 17.8. The molecule has 0 aromatic heterocycles. The summed E-state index contributed by atoms with van der Waals surface area (Å²) in [5.41, 5.74) is 2.11. The van der Waals surface area contributed by atoms with E-state index in [1.165, 1.54) is 22.5 Å². The van der Waals surface area contributed by atoms with Gasteiger partial charge in [-0.15, -0.1) is 0 Å². The van der Waals surface area contributed by atoms with Crippen LogP contribution < -0.4 is 0 Å². The van der Waals surface area contributed by atoms with Crippen molar-refractivity contribution in [3.05, 3.63) is 63.7 Å². The summed E-state index contributed by atoms with van der Waals surface area (Å²) >= 11 is 6.08. The molecule has 1 heterocycles. The molecule has 2 aromatic carbocycles. The van der Waals surface area contributed by atoms with Gasteiger partial charge in [-0.3, -0.25) is 4.79 Å². The van der Waals surface area contributed by atoms with Crippen LogP contribution in [0.1, 0.15) is 44.7 Å². The molecule has 154 valence electrons. The van der Waals surface area contributed by atoms with Gasteiger partial charge in [0.2, 0.25) is 15.8 Å². The van der Waals surface area contributed by atoms with Gasteiger partial charge in [-0.05, 0) is 56.5 Å². The van der Waals surface area contributed by atoms with Gasteiger partial charge >= 0.3 is 5.97 Å². The predicted octanol–water partition coefficient (Wildman–Crippen LogP) is 3.78. The Morgan fingerprint density at radius 1 is 1.03 bits per heavy atom. The van der Waals surface area contributed by atoms with E-state index in [0.29, 0.717) is 18.7 Å². The molecule has 0 unspecified atom stereocenters. The lowest BCUT2D eigenvalue weighted by Crippen LogP contribution is -2.28. The fourth-order valence-electron chi connectivity index (χ4n) is 3.22. The molecule has 0 atom stereocenters. The number of Topliss-reactive ketones (excluding diaryl/α,β-unsaturated/α-hetero) is 1. The maximum absolute atomic E-state index is 12.7. The Morgan fingerprint density at radius 3 is 2.41 bits per heavy atom. The molecule has 2 aromatic rings. The first-order valence-corrected chi connectivity index (χ1v) is 11.1. The van der Waals surface area contributed by atoms with Crippen molar-refractivity contribution in [1.82, 2.24) is 4.31 Å². The Balaban J connectivity index is 1.77. The molecule has 1 fully saturated rings. The van der Waals surface area contributed by atoms with Crippen molar-refractivity contribution in [1.29, 1.82) is 0 Å². The third-order valence-electron chi connectivity index (χ3n) is 4.89. The van der Waals surface area contributed by atoms with E-state index < -0.39 is 22.6 Å². The van der Waals surface area contributed by atoms with E-state index in [-0.39, 0.29) is 21.3 Å². The van der Waals surface area contributed by atoms with Crippen molar-refractivity contribution in [2.45, 2.75) is 31.6 Å². The summed E-state index contributed by atoms with van der Waals surface area (Å²) in [6.07, 6.45) is 1.62. The highest BCUT2D eigenvalue weighted by molar-refractivity contribution is 7.89. The minimum Gasteiger partial charge on any atom is -0.454 e. The van der Waals surface area contributed by atoms with Crippen LogP contribution in [0.3, 0.4) is 0 Å². The normalized spacial score (nSPS) is 14.7. The molecule has 3 rings (SSSR count). The van der Waals surface area contributed by atoms with Crippen molar-refractivity contribution in [3.8, 4) is 0 Å². The largest absolute Gasteiger partial charge is 0.454 e. The first-order chi connectivity index (χ1) is 13.7. The summed E-state index contributed by atoms with van der Waals surface area (Å²) in [6.45, 7) is 4.12. The van der Waals surface area contributed by atoms with Gasteiger partial charge in [0.25, 0.3) is 0 Å². The van der Waals surface area contributed by atoms with Crippen LogP contribution in [0.25, 0.3) is 0 Å². The molecule has 6 nitrogen and oxygen atoms in total. The average molecular weight is 436 g/mol. The number of sulfonamides is 1. The van der Waals surface area contributed by atoms with Crippen LogP contribution in [-0.2, 0) is 14.8 Å². The monoisotopic (exact) mass is 435 g/mol. The number of ether oxygens (including phenoxy) is 1. The standard InChI is InChI=1S/C21H22ClNO5S/c1-14-5-6-15(2)17(11-14)20(24)13-28-21(25)18-12-16(7-8-19(18)22)29(26,27)23-9-3-4-10-23/h5-8,11-12H,3-4,9-10,13H2,1-2H3. The van der Waals surface area contributed by atoms with E-state index in [4.69, 9.17) is 16.3 Å². The van der Waals surface area contributed by atoms with Crippen LogP contribution in [0.2, 0.25) is 5.02 Å². The molecule has 1 aliphatic rings. The molecule has 0 bridgehead atoms. The summed E-state index contributed by atoms with van der Waals surface area (Å²) in [7, 11) is -3.70. The Labute approximate surface area is 175 Å². The summed E-state index contributed by atoms with van der Waals surface area (Å²) in [6, 6.07) is 9.39. The van der Waals surface area contributed by atoms with Gasteiger partial charge in [-0.25, -0.2) is 13.2 Å². The van der Waals surface area contributed by atoms with Crippen molar-refractivity contribution in [2.24, 2.45) is 0 Å². The fourth-order valence-corrected chi connectivity index (χ4v) is 4.96. The van der Waals surface area contributed by atoms with Gasteiger partial charge in [-0.2, -0.15) is 4.31 Å². The molecule has 0 aliphatic carbocycles. The molecule has 29 heavy (non-hydrogen) atoms. The van der Waals surface area contributed by atoms with Crippen LogP contribution in [0.4, 0.5) is 0 Å². The Kier molecular flexibility index (Phi) is 6.41. The van der Waals surface area contributed by atoms with Crippen LogP contribution in [-0.4, -0.2) is 44.2 Å². The number of nitrogens with zero attached hydrogens (tertiary/aromatic N) is 1. The molecule has 1 aliphatic heterocycles. The SMILES string of the molecule is Cc1ccc(C)c(C(=O)COC(=O)c2cc(S(=O)(=O)N3CCCC3)ccc2Cl)c1. The zero-order valence-electron chi connectivity index (χ0n) is 16.3. The number of ketones is 1. The lowest BCUT2D eigenvalue weighted by molar-refractivity contribution is 0.0474. The zero-order chi connectivity index (χ0) is 21.2. The van der Waals surface area contributed by atoms with E-state index in [2.05, 4.69) is 0 Å². The van der Waals surface area contributed by atoms with Gasteiger partial charge in [0.05, 0.1) is 15.5 Å². The number of rotatable bonds is 6. The average Bonchev–Trinajstić information content (AvgIpc) is 3.23. The second kappa shape index (κ2) is 8.65. The van der Waals surface area contributed by atoms with E-state index in [1.807, 2.05) is 19.1 Å². The molecule has 0 N–H and O–H groups in total. The van der Waals surface area contributed by atoms with E-state index >= 15 is 0 Å². The van der Waals surface area contributed by atoms with E-state index in [0.717, 1.165) is 24.0 Å². The van der Waals surface area contributed by atoms with Gasteiger partial charge in [0.1, 0.15) is 0 Å². The third kappa shape index (κ3) is 4.69. The van der Waals surface area contributed by atoms with Crippen molar-refractivity contribution in [3.63, 3.8) is 0 Å². The first kappa shape index (κ1) is 21.5. The molecular formula is C21H22ClNO5S. The maximum Gasteiger partial charge on any atom is 0.340 e. The number of aryl methyl sites for hydroxylation is 2. The van der Waals surface area contributed by atoms with Crippen LogP contribution in [0.5, 0.6) is 0 Å². The second-order valence-electron chi connectivity index (χ2n) is 7.07. The maximum atomic E-state index is 12.7. The highest BCUT2D eigenvalue weighted by Gasteiger charge is 2.28. The molecule has 0 amide bonds. The third-order valence-corrected chi connectivity index (χ3v) is 7.11. The number of esters is 1. The number of hydrogen-bond acceptors (Lipinski definition) is 5. The molecule has 8 heteroatoms. The number of carbonyl (C=O) groups is 2. The summed E-state index contributed by atoms with van der Waals surface area (Å²) in [5, 5.41) is 0.0644.